The normalized spacial score (nSPS) is 12.2. The van der Waals surface area contributed by atoms with Crippen molar-refractivity contribution in [1.29, 1.82) is 0 Å². The second kappa shape index (κ2) is 12.7. The van der Waals surface area contributed by atoms with Crippen LogP contribution in [0.5, 0.6) is 0 Å². The van der Waals surface area contributed by atoms with Crippen LogP contribution in [-0.2, 0) is 31.9 Å². The molecule has 0 spiro atoms. The molecule has 4 aromatic carbocycles. The van der Waals surface area contributed by atoms with Gasteiger partial charge in [0.05, 0.1) is 5.65 Å². The van der Waals surface area contributed by atoms with Crippen molar-refractivity contribution in [1.82, 2.24) is 19.5 Å². The number of aromatic nitrogens is 4. The predicted molar refractivity (Wildman–Crippen MR) is 200 cm³/mol. The summed E-state index contributed by atoms with van der Waals surface area (Å²) < 4.78 is 31.2. The fraction of sp³-hybridized carbons (Fsp3) is 0.182. The van der Waals surface area contributed by atoms with Gasteiger partial charge in [-0.3, -0.25) is 9.97 Å². The third-order valence-electron chi connectivity index (χ3n) is 9.45. The van der Waals surface area contributed by atoms with E-state index in [9.17, 15) is 4.39 Å². The smallest absolute Gasteiger partial charge is 0.435 e. The molecule has 7 heteroatoms. The van der Waals surface area contributed by atoms with E-state index in [4.69, 9.17) is 9.97 Å². The van der Waals surface area contributed by atoms with Crippen LogP contribution < -0.4 is 4.98 Å². The van der Waals surface area contributed by atoms with E-state index in [1.807, 2.05) is 36.4 Å². The Kier molecular flexibility index (Phi) is 8.58. The van der Waals surface area contributed by atoms with Gasteiger partial charge in [-0.15, -0.1) is 18.2 Å². The first-order valence-electron chi connectivity index (χ1n) is 16.8. The molecule has 51 heavy (non-hydrogen) atoms. The fourth-order valence-corrected chi connectivity index (χ4v) is 6.63. The van der Waals surface area contributed by atoms with Crippen LogP contribution in [-0.4, -0.2) is 14.5 Å². The van der Waals surface area contributed by atoms with Crippen molar-refractivity contribution in [3.8, 4) is 39.5 Å². The molecule has 0 atom stereocenters. The summed E-state index contributed by atoms with van der Waals surface area (Å²) in [6.07, 6.45) is 1.71. The van der Waals surface area contributed by atoms with Gasteiger partial charge >= 0.3 is 21.1 Å². The molecule has 0 amide bonds. The maximum Gasteiger partial charge on any atom is 2.00 e. The first-order valence-corrected chi connectivity index (χ1v) is 16.8. The van der Waals surface area contributed by atoms with Gasteiger partial charge in [-0.25, -0.2) is 8.78 Å². The Morgan fingerprint density at radius 2 is 1.41 bits per heavy atom. The minimum Gasteiger partial charge on any atom is -0.435 e. The predicted octanol–water partition coefficient (Wildman–Crippen LogP) is 11.4. The fourth-order valence-electron chi connectivity index (χ4n) is 6.63. The van der Waals surface area contributed by atoms with Crippen LogP contribution in [0.25, 0.3) is 72.3 Å². The zero-order chi connectivity index (χ0) is 34.9. The molecule has 0 unspecified atom stereocenters. The van der Waals surface area contributed by atoms with Gasteiger partial charge in [0.2, 0.25) is 0 Å². The van der Waals surface area contributed by atoms with Crippen LogP contribution in [0, 0.1) is 17.7 Å². The molecule has 0 aliphatic rings. The molecule has 4 nitrogen and oxygen atoms in total. The summed E-state index contributed by atoms with van der Waals surface area (Å²) in [6.45, 7) is 13.3. The largest absolute Gasteiger partial charge is 2.00 e. The van der Waals surface area contributed by atoms with Gasteiger partial charge < -0.3 is 9.55 Å². The third-order valence-corrected chi connectivity index (χ3v) is 9.45. The summed E-state index contributed by atoms with van der Waals surface area (Å²) in [4.78, 5) is 15.0. The molecule has 0 bridgehead atoms. The Balaban J connectivity index is 0.00000406. The number of hydrogen-bond acceptors (Lipinski definition) is 2. The molecule has 0 saturated heterocycles. The molecule has 4 heterocycles. The van der Waals surface area contributed by atoms with Gasteiger partial charge in [0, 0.05) is 34.6 Å². The summed E-state index contributed by atoms with van der Waals surface area (Å²) in [7, 11) is 0. The van der Waals surface area contributed by atoms with E-state index in [1.165, 1.54) is 23.3 Å². The van der Waals surface area contributed by atoms with E-state index in [0.29, 0.717) is 28.1 Å². The van der Waals surface area contributed by atoms with Crippen LogP contribution in [0.1, 0.15) is 52.7 Å². The number of rotatable bonds is 4. The van der Waals surface area contributed by atoms with Crippen molar-refractivity contribution < 1.29 is 29.8 Å². The summed E-state index contributed by atoms with van der Waals surface area (Å²) in [5.41, 5.74) is 8.68. The Hall–Kier alpha value is -4.93. The SMILES string of the molecule is CC(C)(C)c1ccc2[n-]c(-n3c4ccc(C(C)(C)C)cc4c4ccc(-c5[c-]c(-c6ccccn6)cc(-c6ccc(F)cc6F)c5)nc43)cc2c1.[Pt+2]. The average Bonchev–Trinajstić information content (AvgIpc) is 3.65. The van der Waals surface area contributed by atoms with Crippen molar-refractivity contribution in [2.75, 3.05) is 0 Å². The summed E-state index contributed by atoms with van der Waals surface area (Å²) in [5, 5.41) is 3.17. The Morgan fingerprint density at radius 3 is 2.12 bits per heavy atom. The second-order valence-electron chi connectivity index (χ2n) is 15.1. The number of halogens is 2. The van der Waals surface area contributed by atoms with Gasteiger partial charge in [-0.1, -0.05) is 131 Å². The van der Waals surface area contributed by atoms with Crippen LogP contribution in [0.2, 0.25) is 0 Å². The molecule has 8 rings (SSSR count). The molecule has 0 N–H and O–H groups in total. The number of hydrogen-bond donors (Lipinski definition) is 0. The molecule has 0 saturated carbocycles. The zero-order valence-corrected chi connectivity index (χ0v) is 31.5. The third kappa shape index (κ3) is 6.31. The van der Waals surface area contributed by atoms with Gasteiger partial charge in [-0.2, -0.15) is 0 Å². The van der Waals surface area contributed by atoms with Crippen molar-refractivity contribution in [2.45, 2.75) is 52.4 Å². The Bertz CT molecular complexity index is 2590. The molecule has 8 aromatic rings. The van der Waals surface area contributed by atoms with Gasteiger partial charge in [0.15, 0.2) is 0 Å². The minimum atomic E-state index is -0.642. The zero-order valence-electron chi connectivity index (χ0n) is 29.3. The maximum atomic E-state index is 15.2. The molecule has 4 aromatic heterocycles. The number of benzene rings is 4. The Labute approximate surface area is 310 Å². The van der Waals surface area contributed by atoms with E-state index < -0.39 is 11.6 Å². The maximum absolute atomic E-state index is 15.2. The molecule has 256 valence electrons. The number of pyridine rings is 2. The molecule has 0 fully saturated rings. The number of nitrogens with zero attached hydrogens (tertiary/aromatic N) is 4. The van der Waals surface area contributed by atoms with E-state index in [-0.39, 0.29) is 37.5 Å². The molecule has 0 radical (unpaired) electrons. The first kappa shape index (κ1) is 34.5. The standard InChI is InChI=1S/C44H36F2N4.Pt/c1-43(2,3)30-10-15-38-29(22-30)23-41(48-38)50-40-17-11-31(44(4,5)6)24-35(40)34-14-16-39(49-42(34)50)28-20-26(33-13-12-32(45)25-36(33)46)19-27(21-28)37-9-7-8-18-47-37;/h7-20,22-25H,1-6H3;/q-2;+2. The topological polar surface area (TPSA) is 44.8 Å². The average molecular weight is 854 g/mol. The molecular formula is C44H36F2N4Pt. The second-order valence-corrected chi connectivity index (χ2v) is 15.1. The van der Waals surface area contributed by atoms with E-state index in [1.54, 1.807) is 6.20 Å². The first-order chi connectivity index (χ1) is 23.8. The molecule has 0 aliphatic carbocycles. The van der Waals surface area contributed by atoms with Gasteiger partial charge in [0.25, 0.3) is 0 Å². The van der Waals surface area contributed by atoms with Crippen LogP contribution in [0.15, 0.2) is 109 Å². The monoisotopic (exact) mass is 853 g/mol. The van der Waals surface area contributed by atoms with Crippen molar-refractivity contribution in [2.24, 2.45) is 0 Å². The van der Waals surface area contributed by atoms with Crippen molar-refractivity contribution >= 4 is 32.8 Å². The van der Waals surface area contributed by atoms with Crippen molar-refractivity contribution in [3.05, 3.63) is 138 Å². The summed E-state index contributed by atoms with van der Waals surface area (Å²) >= 11 is 0. The van der Waals surface area contributed by atoms with Gasteiger partial charge in [-0.05, 0) is 62.0 Å². The quantitative estimate of drug-likeness (QED) is 0.166. The van der Waals surface area contributed by atoms with E-state index in [2.05, 4.69) is 106 Å². The van der Waals surface area contributed by atoms with Crippen LogP contribution >= 0.6 is 0 Å². The molecule has 0 aliphatic heterocycles. The minimum absolute atomic E-state index is 0. The van der Waals surface area contributed by atoms with Crippen LogP contribution in [0.3, 0.4) is 0 Å². The summed E-state index contributed by atoms with van der Waals surface area (Å²) in [6, 6.07) is 35.8. The van der Waals surface area contributed by atoms with E-state index in [0.717, 1.165) is 44.7 Å². The molecular weight excluding hydrogens is 818 g/mol. The van der Waals surface area contributed by atoms with Gasteiger partial charge in [0.1, 0.15) is 11.6 Å². The summed E-state index contributed by atoms with van der Waals surface area (Å²) in [5.74, 6) is -0.479. The van der Waals surface area contributed by atoms with Crippen molar-refractivity contribution in [3.63, 3.8) is 0 Å². The van der Waals surface area contributed by atoms with Crippen LogP contribution in [0.4, 0.5) is 8.78 Å². The Morgan fingerprint density at radius 1 is 0.686 bits per heavy atom. The number of fused-ring (bicyclic) bond motifs is 4. The van der Waals surface area contributed by atoms with E-state index >= 15 is 4.39 Å².